The maximum absolute atomic E-state index is 12.7. The van der Waals surface area contributed by atoms with E-state index >= 15 is 0 Å². The molecule has 2 heteroatoms. The predicted molar refractivity (Wildman–Crippen MR) is 89.4 cm³/mol. The Balaban J connectivity index is 2.09. The summed E-state index contributed by atoms with van der Waals surface area (Å²) in [4.78, 5) is 12.7. The molecule has 0 bridgehead atoms. The van der Waals surface area contributed by atoms with Gasteiger partial charge in [0.25, 0.3) is 0 Å². The van der Waals surface area contributed by atoms with Crippen LogP contribution in [0.1, 0.15) is 60.3 Å². The molecule has 0 aromatic rings. The minimum absolute atomic E-state index is 0.111. The van der Waals surface area contributed by atoms with Crippen LogP contribution in [0.3, 0.4) is 0 Å². The highest BCUT2D eigenvalue weighted by Gasteiger charge is 2.62. The molecule has 122 valence electrons. The van der Waals surface area contributed by atoms with Gasteiger partial charge in [0.15, 0.2) is 5.78 Å². The van der Waals surface area contributed by atoms with E-state index in [2.05, 4.69) is 33.8 Å². The number of hydrogen-bond donors (Lipinski definition) is 1. The summed E-state index contributed by atoms with van der Waals surface area (Å²) in [6.07, 6.45) is 7.77. The Bertz CT molecular complexity index is 556. The molecule has 3 aliphatic carbocycles. The number of hydrogen-bond acceptors (Lipinski definition) is 2. The summed E-state index contributed by atoms with van der Waals surface area (Å²) in [5.41, 5.74) is 2.26. The van der Waals surface area contributed by atoms with Crippen LogP contribution < -0.4 is 0 Å². The fraction of sp³-hybridized carbons (Fsp3) is 0.750. The fourth-order valence-corrected chi connectivity index (χ4v) is 5.29. The van der Waals surface area contributed by atoms with Crippen molar-refractivity contribution in [2.75, 3.05) is 0 Å². The molecule has 0 amide bonds. The summed E-state index contributed by atoms with van der Waals surface area (Å²) in [5, 5.41) is 10.9. The lowest BCUT2D eigenvalue weighted by atomic mass is 9.50. The van der Waals surface area contributed by atoms with E-state index in [-0.39, 0.29) is 17.1 Å². The highest BCUT2D eigenvalue weighted by Crippen LogP contribution is 2.62. The van der Waals surface area contributed by atoms with Crippen molar-refractivity contribution in [2.45, 2.75) is 66.4 Å². The minimum atomic E-state index is -0.595. The number of carbonyl (C=O) groups is 1. The Hall–Kier alpha value is -0.890. The van der Waals surface area contributed by atoms with Gasteiger partial charge < -0.3 is 5.11 Å². The second-order valence-electron chi connectivity index (χ2n) is 8.70. The number of aliphatic hydroxyl groups is 1. The number of ketones is 1. The molecule has 2 nitrogen and oxygen atoms in total. The van der Waals surface area contributed by atoms with Gasteiger partial charge in [-0.25, -0.2) is 0 Å². The van der Waals surface area contributed by atoms with E-state index in [9.17, 15) is 9.90 Å². The van der Waals surface area contributed by atoms with Crippen LogP contribution in [0.4, 0.5) is 0 Å². The number of allylic oxidation sites excluding steroid dienone is 4. The van der Waals surface area contributed by atoms with Crippen LogP contribution in [-0.4, -0.2) is 17.0 Å². The average molecular weight is 302 g/mol. The van der Waals surface area contributed by atoms with E-state index in [0.29, 0.717) is 11.8 Å². The third-order valence-corrected chi connectivity index (χ3v) is 6.92. The van der Waals surface area contributed by atoms with E-state index in [4.69, 9.17) is 0 Å². The highest BCUT2D eigenvalue weighted by atomic mass is 16.3. The standard InChI is InChI=1S/C20H30O2/c1-12(2)14-10-16(21)20(5)17(22)11-19(4)9-8-13(3)6-7-15(19)18(14)20/h8,10,12,15,17-18,22H,6-7,9,11H2,1-5H3/t15-,17+,18-,19-,20+/m1/s1. The quantitative estimate of drug-likeness (QED) is 0.734. The van der Waals surface area contributed by atoms with Gasteiger partial charge in [0.1, 0.15) is 0 Å². The summed E-state index contributed by atoms with van der Waals surface area (Å²) in [5.74, 6) is 1.25. The summed E-state index contributed by atoms with van der Waals surface area (Å²) in [7, 11) is 0. The molecular weight excluding hydrogens is 272 g/mol. The van der Waals surface area contributed by atoms with Gasteiger partial charge in [0.05, 0.1) is 11.5 Å². The van der Waals surface area contributed by atoms with Crippen LogP contribution in [0, 0.1) is 28.6 Å². The van der Waals surface area contributed by atoms with Crippen LogP contribution in [-0.2, 0) is 4.79 Å². The van der Waals surface area contributed by atoms with E-state index in [1.54, 1.807) is 0 Å². The minimum Gasteiger partial charge on any atom is -0.392 e. The van der Waals surface area contributed by atoms with Crippen molar-refractivity contribution in [1.29, 1.82) is 0 Å². The summed E-state index contributed by atoms with van der Waals surface area (Å²) in [6, 6.07) is 0. The number of aliphatic hydroxyl groups excluding tert-OH is 1. The molecule has 0 aromatic heterocycles. The Morgan fingerprint density at radius 2 is 2.00 bits per heavy atom. The fourth-order valence-electron chi connectivity index (χ4n) is 5.29. The SMILES string of the molecule is CC1=CC[C@]2(C)C[C@H](O)[C@]3(C)C(=O)C=C(C(C)C)[C@@H]3[C@H]2CC1. The van der Waals surface area contributed by atoms with Crippen molar-refractivity contribution < 1.29 is 9.90 Å². The first kappa shape index (κ1) is 16.0. The third-order valence-electron chi connectivity index (χ3n) is 6.92. The second-order valence-corrected chi connectivity index (χ2v) is 8.70. The number of carbonyl (C=O) groups excluding carboxylic acids is 1. The summed E-state index contributed by atoms with van der Waals surface area (Å²) >= 11 is 0. The van der Waals surface area contributed by atoms with Crippen molar-refractivity contribution in [3.05, 3.63) is 23.3 Å². The van der Waals surface area contributed by atoms with E-state index in [0.717, 1.165) is 25.7 Å². The molecule has 0 heterocycles. The number of rotatable bonds is 1. The second kappa shape index (κ2) is 5.06. The first-order valence-electron chi connectivity index (χ1n) is 8.80. The molecule has 0 aromatic carbocycles. The molecule has 1 N–H and O–H groups in total. The molecule has 0 radical (unpaired) electrons. The van der Waals surface area contributed by atoms with Crippen LogP contribution in [0.2, 0.25) is 0 Å². The Labute approximate surface area is 134 Å². The Kier molecular flexibility index (Phi) is 3.67. The molecule has 0 unspecified atom stereocenters. The van der Waals surface area contributed by atoms with Crippen molar-refractivity contribution in [1.82, 2.24) is 0 Å². The van der Waals surface area contributed by atoms with Gasteiger partial charge in [-0.1, -0.05) is 38.0 Å². The predicted octanol–water partition coefficient (Wildman–Crippen LogP) is 4.29. The first-order valence-corrected chi connectivity index (χ1v) is 8.80. The lowest BCUT2D eigenvalue weighted by Crippen LogP contribution is -2.55. The molecule has 0 aliphatic heterocycles. The van der Waals surface area contributed by atoms with E-state index in [1.807, 2.05) is 13.0 Å². The monoisotopic (exact) mass is 302 g/mol. The van der Waals surface area contributed by atoms with Gasteiger partial charge in [-0.3, -0.25) is 4.79 Å². The average Bonchev–Trinajstić information content (AvgIpc) is 2.61. The molecule has 1 saturated carbocycles. The molecular formula is C20H30O2. The molecule has 22 heavy (non-hydrogen) atoms. The smallest absolute Gasteiger partial charge is 0.164 e. The van der Waals surface area contributed by atoms with Gasteiger partial charge >= 0.3 is 0 Å². The van der Waals surface area contributed by atoms with Crippen LogP contribution >= 0.6 is 0 Å². The van der Waals surface area contributed by atoms with Crippen molar-refractivity contribution >= 4 is 5.78 Å². The van der Waals surface area contributed by atoms with E-state index in [1.165, 1.54) is 11.1 Å². The largest absolute Gasteiger partial charge is 0.392 e. The zero-order valence-electron chi connectivity index (χ0n) is 14.6. The van der Waals surface area contributed by atoms with Gasteiger partial charge in [-0.15, -0.1) is 0 Å². The number of fused-ring (bicyclic) bond motifs is 3. The van der Waals surface area contributed by atoms with Gasteiger partial charge in [0, 0.05) is 0 Å². The molecule has 1 fully saturated rings. The van der Waals surface area contributed by atoms with Crippen molar-refractivity contribution in [3.63, 3.8) is 0 Å². The van der Waals surface area contributed by atoms with Crippen LogP contribution in [0.25, 0.3) is 0 Å². The molecule has 3 aliphatic rings. The topological polar surface area (TPSA) is 37.3 Å². The zero-order chi connectivity index (χ0) is 16.3. The maximum atomic E-state index is 12.7. The maximum Gasteiger partial charge on any atom is 0.164 e. The Morgan fingerprint density at radius 3 is 2.64 bits per heavy atom. The lowest BCUT2D eigenvalue weighted by molar-refractivity contribution is -0.148. The molecule has 0 saturated heterocycles. The molecule has 3 rings (SSSR count). The molecule has 0 spiro atoms. The van der Waals surface area contributed by atoms with Gasteiger partial charge in [-0.05, 0) is 68.8 Å². The van der Waals surface area contributed by atoms with Gasteiger partial charge in [-0.2, -0.15) is 0 Å². The lowest BCUT2D eigenvalue weighted by Gasteiger charge is -2.54. The summed E-state index contributed by atoms with van der Waals surface area (Å²) < 4.78 is 0. The third kappa shape index (κ3) is 2.06. The zero-order valence-corrected chi connectivity index (χ0v) is 14.6. The summed E-state index contributed by atoms with van der Waals surface area (Å²) in [6.45, 7) is 10.9. The highest BCUT2D eigenvalue weighted by molar-refractivity contribution is 5.99. The van der Waals surface area contributed by atoms with Crippen molar-refractivity contribution in [3.8, 4) is 0 Å². The normalized spacial score (nSPS) is 45.0. The molecule has 5 atom stereocenters. The van der Waals surface area contributed by atoms with E-state index < -0.39 is 11.5 Å². The first-order chi connectivity index (χ1) is 10.2. The van der Waals surface area contributed by atoms with Gasteiger partial charge in [0.2, 0.25) is 0 Å². The Morgan fingerprint density at radius 1 is 1.32 bits per heavy atom. The van der Waals surface area contributed by atoms with Crippen LogP contribution in [0.5, 0.6) is 0 Å². The van der Waals surface area contributed by atoms with Crippen molar-refractivity contribution in [2.24, 2.45) is 28.6 Å². The van der Waals surface area contributed by atoms with Crippen LogP contribution in [0.15, 0.2) is 23.3 Å².